The number of nitrogens with one attached hydrogen (secondary N) is 2. The molecular formula is C27H33F2N7O3. The summed E-state index contributed by atoms with van der Waals surface area (Å²) in [5.41, 5.74) is 7.57. The van der Waals surface area contributed by atoms with Crippen LogP contribution in [0.2, 0.25) is 0 Å². The van der Waals surface area contributed by atoms with Crippen LogP contribution in [0.4, 0.5) is 14.5 Å². The Bertz CT molecular complexity index is 1270. The molecule has 1 unspecified atom stereocenters. The molecule has 39 heavy (non-hydrogen) atoms. The number of amides is 3. The predicted octanol–water partition coefficient (Wildman–Crippen LogP) is 1.79. The van der Waals surface area contributed by atoms with Crippen LogP contribution >= 0.6 is 0 Å². The molecule has 2 fully saturated rings. The zero-order chi connectivity index (χ0) is 28.2. The van der Waals surface area contributed by atoms with Crippen molar-refractivity contribution in [1.29, 1.82) is 5.26 Å². The van der Waals surface area contributed by atoms with E-state index in [9.17, 15) is 23.2 Å². The molecule has 1 aromatic carbocycles. The van der Waals surface area contributed by atoms with Crippen molar-refractivity contribution in [2.24, 2.45) is 11.7 Å². The molecule has 2 aromatic rings. The zero-order valence-electron chi connectivity index (χ0n) is 21.8. The first kappa shape index (κ1) is 28.2. The van der Waals surface area contributed by atoms with Crippen molar-refractivity contribution >= 4 is 34.3 Å². The van der Waals surface area contributed by atoms with Crippen molar-refractivity contribution in [3.05, 3.63) is 36.0 Å². The van der Waals surface area contributed by atoms with Crippen molar-refractivity contribution in [3.8, 4) is 6.07 Å². The van der Waals surface area contributed by atoms with Gasteiger partial charge in [0.05, 0.1) is 30.2 Å². The highest BCUT2D eigenvalue weighted by Gasteiger charge is 2.47. The van der Waals surface area contributed by atoms with E-state index in [1.165, 1.54) is 12.3 Å². The summed E-state index contributed by atoms with van der Waals surface area (Å²) < 4.78 is 27.4. The lowest BCUT2D eigenvalue weighted by molar-refractivity contribution is -0.131. The van der Waals surface area contributed by atoms with Crippen LogP contribution in [-0.4, -0.2) is 78.8 Å². The molecule has 1 aromatic heterocycles. The van der Waals surface area contributed by atoms with E-state index in [2.05, 4.69) is 15.6 Å². The van der Waals surface area contributed by atoms with Crippen LogP contribution in [-0.2, 0) is 9.59 Å². The molecule has 4 N–H and O–H groups in total. The van der Waals surface area contributed by atoms with Gasteiger partial charge in [0.15, 0.2) is 0 Å². The lowest BCUT2D eigenvalue weighted by Gasteiger charge is -2.26. The van der Waals surface area contributed by atoms with E-state index < -0.39 is 43.3 Å². The molecular weight excluding hydrogens is 508 g/mol. The molecule has 10 nitrogen and oxygen atoms in total. The van der Waals surface area contributed by atoms with E-state index in [0.29, 0.717) is 24.0 Å². The first-order chi connectivity index (χ1) is 18.6. The Morgan fingerprint density at radius 1 is 1.21 bits per heavy atom. The van der Waals surface area contributed by atoms with Gasteiger partial charge in [-0.2, -0.15) is 5.26 Å². The number of carbonyl (C=O) groups is 3. The molecule has 1 saturated heterocycles. The minimum atomic E-state index is -3.13. The van der Waals surface area contributed by atoms with E-state index in [1.54, 1.807) is 18.2 Å². The Kier molecular flexibility index (Phi) is 8.60. The number of hydrogen-bond donors (Lipinski definition) is 3. The van der Waals surface area contributed by atoms with Gasteiger partial charge < -0.3 is 26.2 Å². The number of benzene rings is 1. The fraction of sp³-hybridized carbons (Fsp3) is 0.519. The molecule has 3 amide bonds. The van der Waals surface area contributed by atoms with Gasteiger partial charge in [0, 0.05) is 55.8 Å². The molecule has 12 heteroatoms. The summed E-state index contributed by atoms with van der Waals surface area (Å²) in [5.74, 6) is -4.39. The number of hydrogen-bond acceptors (Lipinski definition) is 7. The predicted molar refractivity (Wildman–Crippen MR) is 141 cm³/mol. The highest BCUT2D eigenvalue weighted by Crippen LogP contribution is 2.31. The summed E-state index contributed by atoms with van der Waals surface area (Å²) in [4.78, 5) is 45.0. The fourth-order valence-electron chi connectivity index (χ4n) is 5.12. The van der Waals surface area contributed by atoms with Crippen molar-refractivity contribution in [1.82, 2.24) is 20.5 Å². The Morgan fingerprint density at radius 3 is 2.67 bits per heavy atom. The number of likely N-dealkylation sites (tertiary alicyclic amines) is 1. The molecule has 1 aliphatic heterocycles. The summed E-state index contributed by atoms with van der Waals surface area (Å²) >= 11 is 0. The van der Waals surface area contributed by atoms with Crippen LogP contribution in [0.25, 0.3) is 10.9 Å². The summed E-state index contributed by atoms with van der Waals surface area (Å²) in [6, 6.07) is 7.63. The SMILES string of the molecule is CN(CCNC(=O)C1CCC(N)CC1)c1ccc2nccc(C(=O)NCC(=O)N3CC(F)(F)CC3C#N)c2c1. The quantitative estimate of drug-likeness (QED) is 0.462. The molecule has 0 radical (unpaired) electrons. The molecule has 2 aliphatic rings. The van der Waals surface area contributed by atoms with E-state index in [-0.39, 0.29) is 23.4 Å². The molecule has 1 saturated carbocycles. The van der Waals surface area contributed by atoms with Crippen LogP contribution in [0.15, 0.2) is 30.5 Å². The number of nitrogens with zero attached hydrogens (tertiary/aromatic N) is 4. The van der Waals surface area contributed by atoms with Crippen molar-refractivity contribution in [3.63, 3.8) is 0 Å². The van der Waals surface area contributed by atoms with Crippen LogP contribution < -0.4 is 21.3 Å². The number of fused-ring (bicyclic) bond motifs is 1. The largest absolute Gasteiger partial charge is 0.373 e. The Balaban J connectivity index is 1.36. The fourth-order valence-corrected chi connectivity index (χ4v) is 5.12. The van der Waals surface area contributed by atoms with E-state index >= 15 is 0 Å². The van der Waals surface area contributed by atoms with Gasteiger partial charge in [-0.25, -0.2) is 8.78 Å². The van der Waals surface area contributed by atoms with Crippen LogP contribution in [0.3, 0.4) is 0 Å². The molecule has 208 valence electrons. The third kappa shape index (κ3) is 6.78. The Morgan fingerprint density at radius 2 is 1.95 bits per heavy atom. The van der Waals surface area contributed by atoms with Gasteiger partial charge >= 0.3 is 0 Å². The number of rotatable bonds is 8. The highest BCUT2D eigenvalue weighted by molar-refractivity contribution is 6.07. The monoisotopic (exact) mass is 541 g/mol. The maximum Gasteiger partial charge on any atom is 0.268 e. The number of nitrogens with two attached hydrogens (primary N) is 1. The van der Waals surface area contributed by atoms with E-state index in [0.717, 1.165) is 36.3 Å². The molecule has 0 spiro atoms. The van der Waals surface area contributed by atoms with E-state index in [1.807, 2.05) is 18.0 Å². The molecule has 4 rings (SSSR count). The first-order valence-corrected chi connectivity index (χ1v) is 13.1. The number of aromatic nitrogens is 1. The van der Waals surface area contributed by atoms with Crippen molar-refractivity contribution < 1.29 is 23.2 Å². The summed E-state index contributed by atoms with van der Waals surface area (Å²) in [6.45, 7) is -0.357. The summed E-state index contributed by atoms with van der Waals surface area (Å²) in [5, 5.41) is 15.1. The lowest BCUT2D eigenvalue weighted by atomic mass is 9.86. The second kappa shape index (κ2) is 11.9. The van der Waals surface area contributed by atoms with Crippen LogP contribution in [0.1, 0.15) is 42.5 Å². The molecule has 0 bridgehead atoms. The third-order valence-electron chi connectivity index (χ3n) is 7.44. The van der Waals surface area contributed by atoms with Gasteiger partial charge in [0.25, 0.3) is 11.8 Å². The van der Waals surface area contributed by atoms with Crippen LogP contribution in [0.5, 0.6) is 0 Å². The zero-order valence-corrected chi connectivity index (χ0v) is 21.8. The van der Waals surface area contributed by atoms with Gasteiger partial charge in [-0.05, 0) is 49.9 Å². The van der Waals surface area contributed by atoms with Gasteiger partial charge in [-0.15, -0.1) is 0 Å². The van der Waals surface area contributed by atoms with Gasteiger partial charge in [0.2, 0.25) is 11.8 Å². The van der Waals surface area contributed by atoms with Gasteiger partial charge in [0.1, 0.15) is 6.04 Å². The topological polar surface area (TPSA) is 144 Å². The minimum Gasteiger partial charge on any atom is -0.373 e. The lowest BCUT2D eigenvalue weighted by Crippen LogP contribution is -2.43. The molecule has 1 aliphatic carbocycles. The number of likely N-dealkylation sites (N-methyl/N-ethyl adjacent to an activating group) is 1. The van der Waals surface area contributed by atoms with Gasteiger partial charge in [-0.3, -0.25) is 19.4 Å². The Hall–Kier alpha value is -3.85. The molecule has 1 atom stereocenters. The minimum absolute atomic E-state index is 0.00236. The second-order valence-electron chi connectivity index (χ2n) is 10.3. The van der Waals surface area contributed by atoms with E-state index in [4.69, 9.17) is 11.0 Å². The maximum atomic E-state index is 13.7. The Labute approximate surface area is 225 Å². The van der Waals surface area contributed by atoms with Crippen LogP contribution in [0, 0.1) is 17.2 Å². The van der Waals surface area contributed by atoms with Crippen molar-refractivity contribution in [2.75, 3.05) is 38.1 Å². The average molecular weight is 542 g/mol. The number of pyridine rings is 1. The van der Waals surface area contributed by atoms with Crippen molar-refractivity contribution in [2.45, 2.75) is 50.1 Å². The van der Waals surface area contributed by atoms with Gasteiger partial charge in [-0.1, -0.05) is 0 Å². The first-order valence-electron chi connectivity index (χ1n) is 13.1. The normalized spacial score (nSPS) is 22.2. The number of carbonyl (C=O) groups excluding carboxylic acids is 3. The third-order valence-corrected chi connectivity index (χ3v) is 7.44. The second-order valence-corrected chi connectivity index (χ2v) is 10.3. The molecule has 2 heterocycles. The summed E-state index contributed by atoms with van der Waals surface area (Å²) in [6.07, 6.45) is 4.10. The maximum absolute atomic E-state index is 13.7. The highest BCUT2D eigenvalue weighted by atomic mass is 19.3. The standard InChI is InChI=1S/C27H33F2N7O3/c1-35(11-10-33-25(38)17-2-4-18(31)5-3-17)19-6-7-23-22(12-19)21(8-9-32-23)26(39)34-15-24(37)36-16-27(28,29)13-20(36)14-30/h6-9,12,17-18,20H,2-5,10-11,13,15-16,31H2,1H3,(H,33,38)(H,34,39). The number of nitriles is 1. The number of alkyl halides is 2. The summed E-state index contributed by atoms with van der Waals surface area (Å²) in [7, 11) is 1.87. The average Bonchev–Trinajstić information content (AvgIpc) is 3.25. The smallest absolute Gasteiger partial charge is 0.268 e. The number of halogens is 2. The number of anilines is 1.